The second-order valence-electron chi connectivity index (χ2n) is 3.36. The molecule has 76 valence electrons. The van der Waals surface area contributed by atoms with Crippen molar-refractivity contribution in [3.8, 4) is 5.75 Å². The molecule has 0 saturated carbocycles. The maximum atomic E-state index is 10.7. The van der Waals surface area contributed by atoms with Crippen molar-refractivity contribution < 1.29 is 9.53 Å². The minimum absolute atomic E-state index is 0.640. The van der Waals surface area contributed by atoms with E-state index in [2.05, 4.69) is 6.92 Å². The van der Waals surface area contributed by atoms with Crippen LogP contribution in [0.1, 0.15) is 35.7 Å². The summed E-state index contributed by atoms with van der Waals surface area (Å²) in [5.74, 6) is 0.694. The van der Waals surface area contributed by atoms with Gasteiger partial charge in [0.25, 0.3) is 0 Å². The average molecular weight is 192 g/mol. The molecule has 2 nitrogen and oxygen atoms in total. The van der Waals surface area contributed by atoms with Crippen molar-refractivity contribution in [1.29, 1.82) is 0 Å². The number of unbranched alkanes of at least 4 members (excludes halogenated alkanes) is 1. The summed E-state index contributed by atoms with van der Waals surface area (Å²) in [6.45, 7) is 4.75. The van der Waals surface area contributed by atoms with Gasteiger partial charge in [-0.2, -0.15) is 0 Å². The van der Waals surface area contributed by atoms with Gasteiger partial charge < -0.3 is 4.74 Å². The van der Waals surface area contributed by atoms with Gasteiger partial charge >= 0.3 is 0 Å². The molecule has 1 aromatic carbocycles. The van der Waals surface area contributed by atoms with Gasteiger partial charge in [0.05, 0.1) is 12.2 Å². The first-order chi connectivity index (χ1) is 6.77. The zero-order valence-corrected chi connectivity index (χ0v) is 8.75. The summed E-state index contributed by atoms with van der Waals surface area (Å²) >= 11 is 0. The number of rotatable bonds is 5. The number of benzene rings is 1. The molecule has 0 aliphatic heterocycles. The third-order valence-electron chi connectivity index (χ3n) is 2.05. The molecule has 0 heterocycles. The van der Waals surface area contributed by atoms with Gasteiger partial charge in [0.1, 0.15) is 5.75 Å². The lowest BCUT2D eigenvalue weighted by Gasteiger charge is -2.07. The van der Waals surface area contributed by atoms with E-state index in [1.54, 1.807) is 0 Å². The van der Waals surface area contributed by atoms with Crippen LogP contribution in [0.2, 0.25) is 0 Å². The van der Waals surface area contributed by atoms with Crippen molar-refractivity contribution in [3.05, 3.63) is 29.3 Å². The van der Waals surface area contributed by atoms with Crippen LogP contribution in [0.4, 0.5) is 0 Å². The van der Waals surface area contributed by atoms with Crippen LogP contribution in [0.3, 0.4) is 0 Å². The molecule has 0 spiro atoms. The van der Waals surface area contributed by atoms with Crippen molar-refractivity contribution in [2.24, 2.45) is 0 Å². The molecule has 1 aromatic rings. The summed E-state index contributed by atoms with van der Waals surface area (Å²) in [6.07, 6.45) is 2.96. The zero-order valence-electron chi connectivity index (χ0n) is 8.75. The number of hydrogen-bond donors (Lipinski definition) is 0. The highest BCUT2D eigenvalue weighted by Gasteiger charge is 2.01. The number of ether oxygens (including phenoxy) is 1. The molecule has 0 fully saturated rings. The molecule has 0 atom stereocenters. The van der Waals surface area contributed by atoms with E-state index >= 15 is 0 Å². The third-order valence-corrected chi connectivity index (χ3v) is 2.05. The van der Waals surface area contributed by atoms with E-state index < -0.39 is 0 Å². The van der Waals surface area contributed by atoms with Gasteiger partial charge in [-0.25, -0.2) is 0 Å². The van der Waals surface area contributed by atoms with E-state index in [0.29, 0.717) is 17.9 Å². The first-order valence-corrected chi connectivity index (χ1v) is 4.96. The fourth-order valence-corrected chi connectivity index (χ4v) is 1.22. The molecular formula is C12H16O2. The molecule has 0 N–H and O–H groups in total. The second kappa shape index (κ2) is 5.43. The molecule has 2 heteroatoms. The Morgan fingerprint density at radius 2 is 2.21 bits per heavy atom. The molecule has 0 bridgehead atoms. The minimum atomic E-state index is 0.640. The van der Waals surface area contributed by atoms with Gasteiger partial charge in [0.15, 0.2) is 6.29 Å². The monoisotopic (exact) mass is 192 g/mol. The van der Waals surface area contributed by atoms with E-state index in [9.17, 15) is 4.79 Å². The highest BCUT2D eigenvalue weighted by atomic mass is 16.5. The van der Waals surface area contributed by atoms with Crippen LogP contribution in [0.15, 0.2) is 18.2 Å². The van der Waals surface area contributed by atoms with Crippen LogP contribution in [-0.4, -0.2) is 12.9 Å². The Kier molecular flexibility index (Phi) is 4.17. The smallest absolute Gasteiger partial charge is 0.153 e. The number of carbonyl (C=O) groups excluding carboxylic acids is 1. The molecule has 0 amide bonds. The predicted molar refractivity (Wildman–Crippen MR) is 57.0 cm³/mol. The molecule has 14 heavy (non-hydrogen) atoms. The maximum absolute atomic E-state index is 10.7. The van der Waals surface area contributed by atoms with Gasteiger partial charge in [-0.3, -0.25) is 4.79 Å². The second-order valence-corrected chi connectivity index (χ2v) is 3.36. The lowest BCUT2D eigenvalue weighted by atomic mass is 10.1. The van der Waals surface area contributed by atoms with Crippen LogP contribution in [0, 0.1) is 6.92 Å². The Bertz CT molecular complexity index is 305. The van der Waals surface area contributed by atoms with Crippen molar-refractivity contribution in [3.63, 3.8) is 0 Å². The van der Waals surface area contributed by atoms with Gasteiger partial charge in [-0.15, -0.1) is 0 Å². The van der Waals surface area contributed by atoms with Crippen LogP contribution >= 0.6 is 0 Å². The van der Waals surface area contributed by atoms with Crippen molar-refractivity contribution in [2.45, 2.75) is 26.7 Å². The molecule has 0 radical (unpaired) electrons. The summed E-state index contributed by atoms with van der Waals surface area (Å²) in [5.41, 5.74) is 1.72. The fraction of sp³-hybridized carbons (Fsp3) is 0.417. The van der Waals surface area contributed by atoms with Crippen LogP contribution in [0.25, 0.3) is 0 Å². The van der Waals surface area contributed by atoms with E-state index in [1.165, 1.54) is 0 Å². The Labute approximate surface area is 84.9 Å². The summed E-state index contributed by atoms with van der Waals surface area (Å²) < 4.78 is 5.49. The number of aldehydes is 1. The standard InChI is InChI=1S/C12H16O2/c1-3-4-7-14-12-6-5-10(2)8-11(12)9-13/h5-6,8-9H,3-4,7H2,1-2H3. The summed E-state index contributed by atoms with van der Waals surface area (Å²) in [5, 5.41) is 0. The van der Waals surface area contributed by atoms with Gasteiger partial charge in [-0.1, -0.05) is 25.0 Å². The normalized spacial score (nSPS) is 9.86. The van der Waals surface area contributed by atoms with Gasteiger partial charge in [-0.05, 0) is 25.5 Å². The Hall–Kier alpha value is -1.31. The van der Waals surface area contributed by atoms with E-state index in [0.717, 1.165) is 24.7 Å². The zero-order chi connectivity index (χ0) is 10.4. The number of hydrogen-bond acceptors (Lipinski definition) is 2. The minimum Gasteiger partial charge on any atom is -0.493 e. The van der Waals surface area contributed by atoms with E-state index in [-0.39, 0.29) is 0 Å². The third kappa shape index (κ3) is 2.87. The molecular weight excluding hydrogens is 176 g/mol. The quantitative estimate of drug-likeness (QED) is 0.529. The predicted octanol–water partition coefficient (Wildman–Crippen LogP) is 2.99. The molecule has 0 unspecified atom stereocenters. The Morgan fingerprint density at radius 3 is 2.86 bits per heavy atom. The highest BCUT2D eigenvalue weighted by molar-refractivity contribution is 5.79. The first-order valence-electron chi connectivity index (χ1n) is 4.96. The van der Waals surface area contributed by atoms with E-state index in [1.807, 2.05) is 25.1 Å². The fourth-order valence-electron chi connectivity index (χ4n) is 1.22. The first kappa shape index (κ1) is 10.8. The topological polar surface area (TPSA) is 26.3 Å². The van der Waals surface area contributed by atoms with Crippen molar-refractivity contribution >= 4 is 6.29 Å². The van der Waals surface area contributed by atoms with Crippen molar-refractivity contribution in [2.75, 3.05) is 6.61 Å². The summed E-state index contributed by atoms with van der Waals surface area (Å²) in [4.78, 5) is 10.7. The van der Waals surface area contributed by atoms with Crippen molar-refractivity contribution in [1.82, 2.24) is 0 Å². The number of carbonyl (C=O) groups is 1. The lowest BCUT2D eigenvalue weighted by molar-refractivity contribution is 0.111. The van der Waals surface area contributed by atoms with Gasteiger partial charge in [0.2, 0.25) is 0 Å². The molecule has 0 aliphatic carbocycles. The molecule has 0 saturated heterocycles. The maximum Gasteiger partial charge on any atom is 0.153 e. The van der Waals surface area contributed by atoms with Crippen LogP contribution in [-0.2, 0) is 0 Å². The van der Waals surface area contributed by atoms with Crippen LogP contribution < -0.4 is 4.74 Å². The Morgan fingerprint density at radius 1 is 1.43 bits per heavy atom. The summed E-state index contributed by atoms with van der Waals surface area (Å²) in [7, 11) is 0. The van der Waals surface area contributed by atoms with Crippen LogP contribution in [0.5, 0.6) is 5.75 Å². The highest BCUT2D eigenvalue weighted by Crippen LogP contribution is 2.18. The Balaban J connectivity index is 2.70. The summed E-state index contributed by atoms with van der Waals surface area (Å²) in [6, 6.07) is 5.65. The van der Waals surface area contributed by atoms with E-state index in [4.69, 9.17) is 4.74 Å². The SMILES string of the molecule is CCCCOc1ccc(C)cc1C=O. The average Bonchev–Trinajstić information content (AvgIpc) is 2.20. The lowest BCUT2D eigenvalue weighted by Crippen LogP contribution is -1.99. The largest absolute Gasteiger partial charge is 0.493 e. The van der Waals surface area contributed by atoms with Gasteiger partial charge in [0, 0.05) is 0 Å². The molecule has 0 aliphatic rings. The molecule has 1 rings (SSSR count). The molecule has 0 aromatic heterocycles. The number of aryl methyl sites for hydroxylation is 1.